The Morgan fingerprint density at radius 1 is 1.40 bits per heavy atom. The molecule has 78 valence electrons. The minimum atomic E-state index is -0.605. The van der Waals surface area contributed by atoms with Crippen LogP contribution in [-0.2, 0) is 4.74 Å². The van der Waals surface area contributed by atoms with E-state index in [1.807, 2.05) is 30.3 Å². The van der Waals surface area contributed by atoms with Crippen LogP contribution in [0, 0.1) is 0 Å². The zero-order chi connectivity index (χ0) is 10.7. The predicted octanol–water partition coefficient (Wildman–Crippen LogP) is 1.91. The molecular weight excluding hydrogens is 190 g/mol. The molecule has 0 saturated heterocycles. The van der Waals surface area contributed by atoms with E-state index in [2.05, 4.69) is 4.98 Å². The Bertz CT molecular complexity index is 456. The van der Waals surface area contributed by atoms with Crippen molar-refractivity contribution < 1.29 is 9.84 Å². The summed E-state index contributed by atoms with van der Waals surface area (Å²) in [5.41, 5.74) is 1.72. The zero-order valence-electron chi connectivity index (χ0n) is 8.55. The number of fused-ring (bicyclic) bond motifs is 1. The number of benzene rings is 1. The van der Waals surface area contributed by atoms with Crippen LogP contribution < -0.4 is 0 Å². The average molecular weight is 203 g/mol. The summed E-state index contributed by atoms with van der Waals surface area (Å²) < 4.78 is 4.89. The van der Waals surface area contributed by atoms with E-state index in [-0.39, 0.29) is 0 Å². The largest absolute Gasteiger partial charge is 0.386 e. The molecule has 1 aromatic carbocycles. The van der Waals surface area contributed by atoms with Crippen LogP contribution in [0.2, 0.25) is 0 Å². The number of rotatable bonds is 3. The number of hydrogen-bond donors (Lipinski definition) is 1. The molecular formula is C12H13NO2. The molecule has 0 amide bonds. The molecule has 0 bridgehead atoms. The molecule has 1 atom stereocenters. The standard InChI is InChI=1S/C12H13NO2/c1-15-8-12(14)10-6-9-4-2-3-5-11(9)13-7-10/h2-7,12,14H,8H2,1H3. The summed E-state index contributed by atoms with van der Waals surface area (Å²) in [5, 5.41) is 10.7. The Labute approximate surface area is 88.3 Å². The molecule has 0 aliphatic heterocycles. The van der Waals surface area contributed by atoms with Gasteiger partial charge in [0.15, 0.2) is 0 Å². The molecule has 0 fully saturated rings. The Kier molecular flexibility index (Phi) is 2.94. The fourth-order valence-electron chi connectivity index (χ4n) is 1.52. The maximum Gasteiger partial charge on any atom is 0.104 e. The first-order valence-electron chi connectivity index (χ1n) is 4.83. The predicted molar refractivity (Wildman–Crippen MR) is 58.6 cm³/mol. The van der Waals surface area contributed by atoms with E-state index < -0.39 is 6.10 Å². The SMILES string of the molecule is COCC(O)c1cnc2ccccc2c1. The van der Waals surface area contributed by atoms with Crippen molar-refractivity contribution in [2.45, 2.75) is 6.10 Å². The molecule has 3 nitrogen and oxygen atoms in total. The smallest absolute Gasteiger partial charge is 0.104 e. The molecule has 1 N–H and O–H groups in total. The second-order valence-corrected chi connectivity index (χ2v) is 3.43. The first-order chi connectivity index (χ1) is 7.31. The first kappa shape index (κ1) is 10.1. The molecule has 0 aliphatic carbocycles. The van der Waals surface area contributed by atoms with E-state index in [1.54, 1.807) is 13.3 Å². The third kappa shape index (κ3) is 2.14. The summed E-state index contributed by atoms with van der Waals surface area (Å²) in [6.07, 6.45) is 1.08. The van der Waals surface area contributed by atoms with Gasteiger partial charge in [0.1, 0.15) is 6.10 Å². The number of aliphatic hydroxyl groups excluding tert-OH is 1. The molecule has 1 heterocycles. The molecule has 0 aliphatic rings. The fourth-order valence-corrected chi connectivity index (χ4v) is 1.52. The first-order valence-corrected chi connectivity index (χ1v) is 4.83. The topological polar surface area (TPSA) is 42.4 Å². The lowest BCUT2D eigenvalue weighted by molar-refractivity contribution is 0.0643. The van der Waals surface area contributed by atoms with Gasteiger partial charge in [-0.2, -0.15) is 0 Å². The van der Waals surface area contributed by atoms with Gasteiger partial charge < -0.3 is 9.84 Å². The molecule has 0 radical (unpaired) electrons. The van der Waals surface area contributed by atoms with Gasteiger partial charge in [-0.05, 0) is 12.1 Å². The monoisotopic (exact) mass is 203 g/mol. The molecule has 1 unspecified atom stereocenters. The van der Waals surface area contributed by atoms with E-state index in [9.17, 15) is 5.11 Å². The Balaban J connectivity index is 2.38. The maximum atomic E-state index is 9.71. The molecule has 1 aromatic heterocycles. The average Bonchev–Trinajstić information content (AvgIpc) is 2.29. The van der Waals surface area contributed by atoms with Crippen molar-refractivity contribution in [2.75, 3.05) is 13.7 Å². The molecule has 3 heteroatoms. The normalized spacial score (nSPS) is 12.9. The summed E-state index contributed by atoms with van der Waals surface area (Å²) in [5.74, 6) is 0. The summed E-state index contributed by atoms with van der Waals surface area (Å²) in [7, 11) is 1.57. The third-order valence-electron chi connectivity index (χ3n) is 2.32. The molecule has 2 aromatic rings. The molecule has 0 saturated carbocycles. The lowest BCUT2D eigenvalue weighted by atomic mass is 10.1. The highest BCUT2D eigenvalue weighted by atomic mass is 16.5. The highest BCUT2D eigenvalue weighted by Gasteiger charge is 2.07. The van der Waals surface area contributed by atoms with Crippen LogP contribution in [0.4, 0.5) is 0 Å². The van der Waals surface area contributed by atoms with Crippen molar-refractivity contribution in [1.29, 1.82) is 0 Å². The molecule has 15 heavy (non-hydrogen) atoms. The van der Waals surface area contributed by atoms with E-state index in [1.165, 1.54) is 0 Å². The number of aromatic nitrogens is 1. The van der Waals surface area contributed by atoms with Gasteiger partial charge in [0, 0.05) is 24.3 Å². The van der Waals surface area contributed by atoms with Gasteiger partial charge in [0.2, 0.25) is 0 Å². The van der Waals surface area contributed by atoms with Crippen LogP contribution in [0.25, 0.3) is 10.9 Å². The quantitative estimate of drug-likeness (QED) is 0.828. The highest BCUT2D eigenvalue weighted by molar-refractivity contribution is 5.78. The van der Waals surface area contributed by atoms with Crippen LogP contribution >= 0.6 is 0 Å². The van der Waals surface area contributed by atoms with Gasteiger partial charge in [0.25, 0.3) is 0 Å². The second kappa shape index (κ2) is 4.38. The van der Waals surface area contributed by atoms with E-state index >= 15 is 0 Å². The lowest BCUT2D eigenvalue weighted by Gasteiger charge is -2.09. The van der Waals surface area contributed by atoms with Crippen molar-refractivity contribution in [1.82, 2.24) is 4.98 Å². The number of hydrogen-bond acceptors (Lipinski definition) is 3. The van der Waals surface area contributed by atoms with Crippen LogP contribution in [0.3, 0.4) is 0 Å². The summed E-state index contributed by atoms with van der Waals surface area (Å²) in [4.78, 5) is 4.27. The van der Waals surface area contributed by atoms with Crippen molar-refractivity contribution in [3.05, 3.63) is 42.1 Å². The third-order valence-corrected chi connectivity index (χ3v) is 2.32. The summed E-state index contributed by atoms with van der Waals surface area (Å²) in [6.45, 7) is 0.292. The van der Waals surface area contributed by atoms with E-state index in [0.717, 1.165) is 16.5 Å². The fraction of sp³-hybridized carbons (Fsp3) is 0.250. The minimum Gasteiger partial charge on any atom is -0.386 e. The number of pyridine rings is 1. The maximum absolute atomic E-state index is 9.71. The van der Waals surface area contributed by atoms with Crippen molar-refractivity contribution in [3.63, 3.8) is 0 Å². The van der Waals surface area contributed by atoms with Crippen LogP contribution in [0.15, 0.2) is 36.5 Å². The van der Waals surface area contributed by atoms with Crippen LogP contribution in [0.1, 0.15) is 11.7 Å². The van der Waals surface area contributed by atoms with Gasteiger partial charge in [-0.25, -0.2) is 0 Å². The summed E-state index contributed by atoms with van der Waals surface area (Å²) in [6, 6.07) is 9.76. The van der Waals surface area contributed by atoms with Crippen LogP contribution in [-0.4, -0.2) is 23.8 Å². The van der Waals surface area contributed by atoms with Gasteiger partial charge in [-0.1, -0.05) is 18.2 Å². The minimum absolute atomic E-state index is 0.292. The number of ether oxygens (including phenoxy) is 1. The van der Waals surface area contributed by atoms with Crippen LogP contribution in [0.5, 0.6) is 0 Å². The Morgan fingerprint density at radius 3 is 3.00 bits per heavy atom. The van der Waals surface area contributed by atoms with E-state index in [0.29, 0.717) is 6.61 Å². The zero-order valence-corrected chi connectivity index (χ0v) is 8.55. The van der Waals surface area contributed by atoms with Crippen molar-refractivity contribution in [3.8, 4) is 0 Å². The Morgan fingerprint density at radius 2 is 2.20 bits per heavy atom. The van der Waals surface area contributed by atoms with Gasteiger partial charge in [-0.15, -0.1) is 0 Å². The molecule has 0 spiro atoms. The van der Waals surface area contributed by atoms with Gasteiger partial charge in [-0.3, -0.25) is 4.98 Å². The number of para-hydroxylation sites is 1. The van der Waals surface area contributed by atoms with E-state index in [4.69, 9.17) is 4.74 Å². The number of methoxy groups -OCH3 is 1. The Hall–Kier alpha value is -1.45. The van der Waals surface area contributed by atoms with Gasteiger partial charge in [0.05, 0.1) is 12.1 Å². The number of aliphatic hydroxyl groups is 1. The van der Waals surface area contributed by atoms with Gasteiger partial charge >= 0.3 is 0 Å². The summed E-state index contributed by atoms with van der Waals surface area (Å²) >= 11 is 0. The van der Waals surface area contributed by atoms with Crippen molar-refractivity contribution in [2.24, 2.45) is 0 Å². The second-order valence-electron chi connectivity index (χ2n) is 3.43. The lowest BCUT2D eigenvalue weighted by Crippen LogP contribution is -2.05. The van der Waals surface area contributed by atoms with Crippen molar-refractivity contribution >= 4 is 10.9 Å². The highest BCUT2D eigenvalue weighted by Crippen LogP contribution is 2.17. The number of nitrogens with zero attached hydrogens (tertiary/aromatic N) is 1. The molecule has 2 rings (SSSR count).